The number of carbonyl (C=O) groups excluding carboxylic acids is 2. The van der Waals surface area contributed by atoms with Crippen molar-refractivity contribution >= 4 is 17.8 Å². The average molecular weight is 428 g/mol. The Labute approximate surface area is 183 Å². The third kappa shape index (κ3) is 3.56. The maximum absolute atomic E-state index is 13.8. The molecule has 6 heteroatoms. The van der Waals surface area contributed by atoms with Crippen molar-refractivity contribution in [2.75, 3.05) is 0 Å². The van der Waals surface area contributed by atoms with Gasteiger partial charge in [0.2, 0.25) is 5.78 Å². The second kappa shape index (κ2) is 7.81. The summed E-state index contributed by atoms with van der Waals surface area (Å²) in [5.41, 5.74) is 1.89. The first-order chi connectivity index (χ1) is 15.5. The lowest BCUT2D eigenvalue weighted by Gasteiger charge is -2.22. The lowest BCUT2D eigenvalue weighted by Crippen LogP contribution is -2.18. The molecule has 3 aromatic rings. The molecule has 2 aliphatic rings. The number of Topliss-reactive ketones (excluding diaryl/α,β-unsaturated/α-hetero) is 1. The highest BCUT2D eigenvalue weighted by Gasteiger charge is 2.29. The molecule has 0 saturated carbocycles. The molecule has 0 bridgehead atoms. The Morgan fingerprint density at radius 2 is 1.81 bits per heavy atom. The molecular weight excluding hydrogens is 411 g/mol. The smallest absolute Gasteiger partial charge is 0.346 e. The fraction of sp³-hybridized carbons (Fsp3) is 0.0769. The van der Waals surface area contributed by atoms with E-state index in [0.717, 1.165) is 16.9 Å². The van der Waals surface area contributed by atoms with Crippen LogP contribution >= 0.6 is 0 Å². The first-order valence-corrected chi connectivity index (χ1v) is 10.0. The van der Waals surface area contributed by atoms with Crippen molar-refractivity contribution in [3.8, 4) is 17.2 Å². The molecule has 0 spiro atoms. The van der Waals surface area contributed by atoms with Gasteiger partial charge < -0.3 is 14.2 Å². The molecule has 5 rings (SSSR count). The van der Waals surface area contributed by atoms with E-state index in [9.17, 15) is 14.0 Å². The van der Waals surface area contributed by atoms with Crippen molar-refractivity contribution in [2.24, 2.45) is 0 Å². The van der Waals surface area contributed by atoms with Crippen LogP contribution in [0.2, 0.25) is 0 Å². The van der Waals surface area contributed by atoms with Gasteiger partial charge in [-0.25, -0.2) is 9.18 Å². The number of para-hydroxylation sites is 1. The Morgan fingerprint density at radius 1 is 1.03 bits per heavy atom. The van der Waals surface area contributed by atoms with E-state index in [1.54, 1.807) is 12.1 Å². The Balaban J connectivity index is 1.39. The number of halogens is 1. The molecule has 0 aliphatic carbocycles. The van der Waals surface area contributed by atoms with Gasteiger partial charge >= 0.3 is 5.97 Å². The average Bonchev–Trinajstić information content (AvgIpc) is 3.09. The molecule has 0 saturated heterocycles. The summed E-state index contributed by atoms with van der Waals surface area (Å²) >= 11 is 0. The first-order valence-electron chi connectivity index (χ1n) is 10.0. The van der Waals surface area contributed by atoms with Crippen LogP contribution in [0.15, 0.2) is 84.1 Å². The van der Waals surface area contributed by atoms with E-state index in [1.165, 1.54) is 36.4 Å². The van der Waals surface area contributed by atoms with Gasteiger partial charge in [-0.1, -0.05) is 30.3 Å². The lowest BCUT2D eigenvalue weighted by molar-refractivity contribution is 0.0729. The number of rotatable bonds is 3. The maximum atomic E-state index is 13.8. The van der Waals surface area contributed by atoms with Crippen LogP contribution in [0.5, 0.6) is 17.2 Å². The second-order valence-electron chi connectivity index (χ2n) is 7.41. The van der Waals surface area contributed by atoms with Gasteiger partial charge in [0.05, 0.1) is 11.1 Å². The van der Waals surface area contributed by atoms with Gasteiger partial charge in [0, 0.05) is 11.6 Å². The quantitative estimate of drug-likeness (QED) is 0.319. The lowest BCUT2D eigenvalue weighted by atomic mass is 10.0. The van der Waals surface area contributed by atoms with Crippen LogP contribution in [-0.2, 0) is 0 Å². The summed E-state index contributed by atoms with van der Waals surface area (Å²) in [6.07, 6.45) is 3.36. The zero-order valence-corrected chi connectivity index (χ0v) is 17.0. The van der Waals surface area contributed by atoms with Crippen LogP contribution in [0.1, 0.15) is 33.2 Å². The fourth-order valence-corrected chi connectivity index (χ4v) is 3.59. The van der Waals surface area contributed by atoms with Crippen LogP contribution < -0.4 is 14.2 Å². The summed E-state index contributed by atoms with van der Waals surface area (Å²) in [5, 5.41) is 0. The molecule has 0 radical (unpaired) electrons. The Bertz CT molecular complexity index is 1320. The van der Waals surface area contributed by atoms with Crippen molar-refractivity contribution in [3.63, 3.8) is 0 Å². The largest absolute Gasteiger partial charge is 0.485 e. The van der Waals surface area contributed by atoms with E-state index < -0.39 is 11.8 Å². The number of benzene rings is 3. The van der Waals surface area contributed by atoms with E-state index in [-0.39, 0.29) is 34.7 Å². The number of hydrogen-bond acceptors (Lipinski definition) is 5. The predicted molar refractivity (Wildman–Crippen MR) is 115 cm³/mol. The van der Waals surface area contributed by atoms with Crippen molar-refractivity contribution in [2.45, 2.75) is 13.0 Å². The zero-order valence-electron chi connectivity index (χ0n) is 17.0. The number of ketones is 1. The number of carbonyl (C=O) groups is 2. The highest BCUT2D eigenvalue weighted by Crippen LogP contribution is 2.36. The standard InChI is InChI=1S/C26H17FO5/c1-15-17(12-16-6-2-5-9-22(16)30-15)13-24-25(28)20-11-10-18(14-23(20)32-24)31-26(29)19-7-3-4-8-21(19)27/h2-15H,1H3/t15-/m1/s1. The molecule has 2 aliphatic heterocycles. The van der Waals surface area contributed by atoms with Gasteiger partial charge in [-0.3, -0.25) is 4.79 Å². The van der Waals surface area contributed by atoms with Gasteiger partial charge in [-0.2, -0.15) is 0 Å². The third-order valence-corrected chi connectivity index (χ3v) is 5.26. The van der Waals surface area contributed by atoms with Crippen LogP contribution in [0.4, 0.5) is 4.39 Å². The number of esters is 1. The summed E-state index contributed by atoms with van der Waals surface area (Å²) in [5.74, 6) is -0.434. The van der Waals surface area contributed by atoms with E-state index in [2.05, 4.69) is 0 Å². The molecule has 3 aromatic carbocycles. The second-order valence-corrected chi connectivity index (χ2v) is 7.41. The van der Waals surface area contributed by atoms with Gasteiger partial charge in [0.25, 0.3) is 0 Å². The molecule has 32 heavy (non-hydrogen) atoms. The maximum Gasteiger partial charge on any atom is 0.346 e. The topological polar surface area (TPSA) is 61.8 Å². The van der Waals surface area contributed by atoms with Crippen molar-refractivity contribution < 1.29 is 28.2 Å². The molecule has 0 fully saturated rings. The molecule has 0 unspecified atom stereocenters. The fourth-order valence-electron chi connectivity index (χ4n) is 3.59. The molecule has 1 atom stereocenters. The van der Waals surface area contributed by atoms with E-state index in [1.807, 2.05) is 37.3 Å². The SMILES string of the molecule is C[C@H]1Oc2ccccc2C=C1C=C1Oc2cc(OC(=O)c3ccccc3F)ccc2C1=O. The minimum absolute atomic E-state index is 0.147. The molecule has 0 N–H and O–H groups in total. The Hall–Kier alpha value is -4.19. The van der Waals surface area contributed by atoms with Crippen LogP contribution in [0.25, 0.3) is 6.08 Å². The highest BCUT2D eigenvalue weighted by atomic mass is 19.1. The molecule has 0 amide bonds. The molecule has 0 aromatic heterocycles. The summed E-state index contributed by atoms with van der Waals surface area (Å²) < 4.78 is 30.8. The van der Waals surface area contributed by atoms with E-state index in [4.69, 9.17) is 14.2 Å². The van der Waals surface area contributed by atoms with E-state index in [0.29, 0.717) is 5.56 Å². The van der Waals surface area contributed by atoms with Crippen molar-refractivity contribution in [1.82, 2.24) is 0 Å². The van der Waals surface area contributed by atoms with Crippen molar-refractivity contribution in [1.29, 1.82) is 0 Å². The van der Waals surface area contributed by atoms with Gasteiger partial charge in [-0.05, 0) is 55.0 Å². The first kappa shape index (κ1) is 19.8. The molecule has 2 heterocycles. The third-order valence-electron chi connectivity index (χ3n) is 5.26. The summed E-state index contributed by atoms with van der Waals surface area (Å²) in [6.45, 7) is 1.89. The predicted octanol–water partition coefficient (Wildman–Crippen LogP) is 5.37. The monoisotopic (exact) mass is 428 g/mol. The molecule has 158 valence electrons. The minimum Gasteiger partial charge on any atom is -0.485 e. The zero-order chi connectivity index (χ0) is 22.2. The van der Waals surface area contributed by atoms with Gasteiger partial charge in [0.1, 0.15) is 29.2 Å². The van der Waals surface area contributed by atoms with E-state index >= 15 is 0 Å². The number of hydrogen-bond donors (Lipinski definition) is 0. The summed E-state index contributed by atoms with van der Waals surface area (Å²) in [4.78, 5) is 25.1. The Kier molecular flexibility index (Phi) is 4.82. The summed E-state index contributed by atoms with van der Waals surface area (Å²) in [7, 11) is 0. The van der Waals surface area contributed by atoms with Gasteiger partial charge in [0.15, 0.2) is 5.76 Å². The minimum atomic E-state index is -0.833. The number of fused-ring (bicyclic) bond motifs is 2. The Morgan fingerprint density at radius 3 is 2.66 bits per heavy atom. The molecular formula is C26H17FO5. The number of allylic oxidation sites excluding steroid dienone is 1. The highest BCUT2D eigenvalue weighted by molar-refractivity contribution is 6.12. The summed E-state index contributed by atoms with van der Waals surface area (Å²) in [6, 6.07) is 17.6. The number of ether oxygens (including phenoxy) is 3. The normalized spacial score (nSPS) is 17.7. The molecule has 5 nitrogen and oxygen atoms in total. The van der Waals surface area contributed by atoms with Crippen LogP contribution in [0, 0.1) is 5.82 Å². The van der Waals surface area contributed by atoms with Gasteiger partial charge in [-0.15, -0.1) is 0 Å². The van der Waals surface area contributed by atoms with Crippen LogP contribution in [-0.4, -0.2) is 17.9 Å². The van der Waals surface area contributed by atoms with Crippen LogP contribution in [0.3, 0.4) is 0 Å². The van der Waals surface area contributed by atoms with Crippen molar-refractivity contribution in [3.05, 3.63) is 107 Å².